The molecule has 1 unspecified atom stereocenters. The van der Waals surface area contributed by atoms with Crippen LogP contribution in [0.5, 0.6) is 0 Å². The molecule has 1 N–H and O–H groups in total. The van der Waals surface area contributed by atoms with Crippen LogP contribution in [0.2, 0.25) is 0 Å². The Kier molecular flexibility index (Phi) is 5.95. The van der Waals surface area contributed by atoms with Crippen LogP contribution in [0.3, 0.4) is 0 Å². The second-order valence-corrected chi connectivity index (χ2v) is 5.26. The average molecular weight is 275 g/mol. The molecule has 2 rings (SSSR count). The van der Waals surface area contributed by atoms with Crippen LogP contribution in [-0.2, 0) is 0 Å². The highest BCUT2D eigenvalue weighted by molar-refractivity contribution is 7.12. The first kappa shape index (κ1) is 14.5. The van der Waals surface area contributed by atoms with Crippen molar-refractivity contribution in [3.8, 4) is 0 Å². The second kappa shape index (κ2) is 6.99. The van der Waals surface area contributed by atoms with Gasteiger partial charge in [0.15, 0.2) is 0 Å². The lowest BCUT2D eigenvalue weighted by Gasteiger charge is -2.28. The summed E-state index contributed by atoms with van der Waals surface area (Å²) in [6, 6.07) is 4.28. The fourth-order valence-electron chi connectivity index (χ4n) is 2.08. The fourth-order valence-corrected chi connectivity index (χ4v) is 2.80. The van der Waals surface area contributed by atoms with E-state index in [1.807, 2.05) is 29.5 Å². The highest BCUT2D eigenvalue weighted by atomic mass is 35.5. The number of hydrogen-bond acceptors (Lipinski definition) is 3. The molecule has 5 heteroatoms. The molecule has 17 heavy (non-hydrogen) atoms. The number of likely N-dealkylation sites (N-methyl/N-ethyl adjacent to an activating group) is 1. The number of carbonyl (C=O) groups excluding carboxylic acids is 1. The third-order valence-corrected chi connectivity index (χ3v) is 3.84. The summed E-state index contributed by atoms with van der Waals surface area (Å²) in [7, 11) is 1.89. The third-order valence-electron chi connectivity index (χ3n) is 2.99. The zero-order valence-corrected chi connectivity index (χ0v) is 11.6. The smallest absolute Gasteiger partial charge is 0.263 e. The Morgan fingerprint density at radius 3 is 3.00 bits per heavy atom. The van der Waals surface area contributed by atoms with Crippen molar-refractivity contribution < 1.29 is 4.79 Å². The summed E-state index contributed by atoms with van der Waals surface area (Å²) in [5, 5.41) is 5.40. The minimum Gasteiger partial charge on any atom is -0.339 e. The standard InChI is InChI=1S/C12H18N2OS.ClH/c1-14(9-10-5-2-3-7-13-10)12(15)11-6-4-8-16-11;/h4,6,8,10,13H,2-3,5,7,9H2,1H3;1H. The Morgan fingerprint density at radius 1 is 1.59 bits per heavy atom. The number of carbonyl (C=O) groups is 1. The van der Waals surface area contributed by atoms with Gasteiger partial charge in [-0.2, -0.15) is 0 Å². The minimum absolute atomic E-state index is 0. The van der Waals surface area contributed by atoms with Crippen LogP contribution in [0.4, 0.5) is 0 Å². The summed E-state index contributed by atoms with van der Waals surface area (Å²) < 4.78 is 0. The SMILES string of the molecule is CN(CC1CCCCN1)C(=O)c1cccs1.Cl. The lowest BCUT2D eigenvalue weighted by Crippen LogP contribution is -2.44. The van der Waals surface area contributed by atoms with Gasteiger partial charge in [0.1, 0.15) is 0 Å². The molecule has 1 fully saturated rings. The monoisotopic (exact) mass is 274 g/mol. The summed E-state index contributed by atoms with van der Waals surface area (Å²) in [4.78, 5) is 14.6. The number of piperidine rings is 1. The summed E-state index contributed by atoms with van der Waals surface area (Å²) in [6.45, 7) is 1.91. The van der Waals surface area contributed by atoms with Gasteiger partial charge in [-0.3, -0.25) is 4.79 Å². The van der Waals surface area contributed by atoms with Gasteiger partial charge in [0, 0.05) is 19.6 Å². The number of rotatable bonds is 3. The Labute approximate surface area is 113 Å². The second-order valence-electron chi connectivity index (χ2n) is 4.31. The van der Waals surface area contributed by atoms with Crippen LogP contribution in [0, 0.1) is 0 Å². The molecule has 1 aromatic heterocycles. The summed E-state index contributed by atoms with van der Waals surface area (Å²) in [6.07, 6.45) is 3.72. The van der Waals surface area contributed by atoms with Gasteiger partial charge in [-0.25, -0.2) is 0 Å². The maximum Gasteiger partial charge on any atom is 0.263 e. The van der Waals surface area contributed by atoms with Crippen LogP contribution in [-0.4, -0.2) is 37.0 Å². The van der Waals surface area contributed by atoms with E-state index in [2.05, 4.69) is 5.32 Å². The van der Waals surface area contributed by atoms with Crippen LogP contribution in [0.15, 0.2) is 17.5 Å². The summed E-state index contributed by atoms with van der Waals surface area (Å²) in [5.41, 5.74) is 0. The molecule has 1 saturated heterocycles. The van der Waals surface area contributed by atoms with Crippen LogP contribution < -0.4 is 5.32 Å². The van der Waals surface area contributed by atoms with E-state index in [1.165, 1.54) is 30.6 Å². The number of thiophene rings is 1. The normalized spacial score (nSPS) is 19.5. The van der Waals surface area contributed by atoms with E-state index >= 15 is 0 Å². The zero-order valence-electron chi connectivity index (χ0n) is 10.0. The lowest BCUT2D eigenvalue weighted by molar-refractivity contribution is 0.0780. The van der Waals surface area contributed by atoms with Crippen molar-refractivity contribution in [1.29, 1.82) is 0 Å². The molecule has 1 aromatic rings. The number of halogens is 1. The molecule has 0 bridgehead atoms. The van der Waals surface area contributed by atoms with E-state index in [1.54, 1.807) is 0 Å². The van der Waals surface area contributed by atoms with Gasteiger partial charge in [0.25, 0.3) is 5.91 Å². The first-order valence-corrected chi connectivity index (χ1v) is 6.67. The van der Waals surface area contributed by atoms with E-state index < -0.39 is 0 Å². The Morgan fingerprint density at radius 2 is 2.41 bits per heavy atom. The summed E-state index contributed by atoms with van der Waals surface area (Å²) >= 11 is 1.51. The Hall–Kier alpha value is -0.580. The van der Waals surface area contributed by atoms with Gasteiger partial charge in [0.2, 0.25) is 0 Å². The molecule has 0 saturated carbocycles. The molecule has 1 aliphatic rings. The van der Waals surface area contributed by atoms with E-state index in [4.69, 9.17) is 0 Å². The van der Waals surface area contributed by atoms with E-state index in [9.17, 15) is 4.79 Å². The zero-order chi connectivity index (χ0) is 11.4. The average Bonchev–Trinajstić information content (AvgIpc) is 2.83. The lowest BCUT2D eigenvalue weighted by atomic mass is 10.0. The van der Waals surface area contributed by atoms with Crippen LogP contribution in [0.25, 0.3) is 0 Å². The van der Waals surface area contributed by atoms with Crippen molar-refractivity contribution in [3.63, 3.8) is 0 Å². The van der Waals surface area contributed by atoms with E-state index in [0.29, 0.717) is 6.04 Å². The van der Waals surface area contributed by atoms with Crippen molar-refractivity contribution in [2.45, 2.75) is 25.3 Å². The first-order chi connectivity index (χ1) is 7.77. The van der Waals surface area contributed by atoms with Crippen LogP contribution in [0.1, 0.15) is 28.9 Å². The molecule has 0 aliphatic carbocycles. The molecular formula is C12H19ClN2OS. The molecule has 96 valence electrons. The van der Waals surface area contributed by atoms with Crippen molar-refractivity contribution in [2.24, 2.45) is 0 Å². The Balaban J connectivity index is 0.00000144. The summed E-state index contributed by atoms with van der Waals surface area (Å²) in [5.74, 6) is 0.141. The molecule has 0 radical (unpaired) electrons. The first-order valence-electron chi connectivity index (χ1n) is 5.80. The Bertz CT molecular complexity index is 336. The van der Waals surface area contributed by atoms with Crippen molar-refractivity contribution >= 4 is 29.7 Å². The largest absolute Gasteiger partial charge is 0.339 e. The third kappa shape index (κ3) is 3.98. The van der Waals surface area contributed by atoms with Crippen molar-refractivity contribution in [3.05, 3.63) is 22.4 Å². The maximum atomic E-state index is 12.0. The predicted octanol–water partition coefficient (Wildman–Crippen LogP) is 2.38. The van der Waals surface area contributed by atoms with E-state index in [0.717, 1.165) is 18.0 Å². The van der Waals surface area contributed by atoms with Crippen LogP contribution >= 0.6 is 23.7 Å². The molecule has 0 spiro atoms. The minimum atomic E-state index is 0. The predicted molar refractivity (Wildman–Crippen MR) is 74.2 cm³/mol. The highest BCUT2D eigenvalue weighted by Crippen LogP contribution is 2.13. The molecular weight excluding hydrogens is 256 g/mol. The molecule has 2 heterocycles. The van der Waals surface area contributed by atoms with Gasteiger partial charge >= 0.3 is 0 Å². The molecule has 3 nitrogen and oxygen atoms in total. The number of hydrogen-bond donors (Lipinski definition) is 1. The van der Waals surface area contributed by atoms with Crippen molar-refractivity contribution in [2.75, 3.05) is 20.1 Å². The van der Waals surface area contributed by atoms with Gasteiger partial charge in [-0.15, -0.1) is 23.7 Å². The van der Waals surface area contributed by atoms with E-state index in [-0.39, 0.29) is 18.3 Å². The number of nitrogens with zero attached hydrogens (tertiary/aromatic N) is 1. The number of nitrogens with one attached hydrogen (secondary N) is 1. The number of amides is 1. The van der Waals surface area contributed by atoms with Gasteiger partial charge in [0.05, 0.1) is 4.88 Å². The fraction of sp³-hybridized carbons (Fsp3) is 0.583. The van der Waals surface area contributed by atoms with Gasteiger partial charge in [-0.1, -0.05) is 12.5 Å². The highest BCUT2D eigenvalue weighted by Gasteiger charge is 2.18. The maximum absolute atomic E-state index is 12.0. The molecule has 1 atom stereocenters. The molecule has 0 aromatic carbocycles. The topological polar surface area (TPSA) is 32.3 Å². The van der Waals surface area contributed by atoms with Crippen molar-refractivity contribution in [1.82, 2.24) is 10.2 Å². The van der Waals surface area contributed by atoms with Gasteiger partial charge < -0.3 is 10.2 Å². The molecule has 1 aliphatic heterocycles. The van der Waals surface area contributed by atoms with Gasteiger partial charge in [-0.05, 0) is 30.8 Å². The quantitative estimate of drug-likeness (QED) is 0.918. The molecule has 1 amide bonds.